The minimum absolute atomic E-state index is 0.0758. The third-order valence-corrected chi connectivity index (χ3v) is 6.53. The molecule has 2 rings (SSSR count). The van der Waals surface area contributed by atoms with Crippen molar-refractivity contribution in [1.82, 2.24) is 4.72 Å². The van der Waals surface area contributed by atoms with Gasteiger partial charge in [0.15, 0.2) is 11.5 Å². The summed E-state index contributed by atoms with van der Waals surface area (Å²) in [4.78, 5) is 12.3. The van der Waals surface area contributed by atoms with Crippen molar-refractivity contribution < 1.29 is 22.7 Å². The number of amides is 1. The SMILES string of the molecule is CCOc1ccc([C@H](C)NS(=O)(=O)c2ccc(SC)c(NC(C)=O)c2)cc1OCC. The standard InChI is InChI=1S/C21H28N2O5S2/c1-6-27-19-10-8-16(12-20(19)28-7-2)14(3)23-30(25,26)17-9-11-21(29-5)18(13-17)22-15(4)24/h8-14,23H,6-7H2,1-5H3,(H,22,24)/t14-/m0/s1. The second-order valence-electron chi connectivity index (χ2n) is 6.46. The summed E-state index contributed by atoms with van der Waals surface area (Å²) in [5.41, 5.74) is 1.21. The first-order chi connectivity index (χ1) is 14.2. The van der Waals surface area contributed by atoms with Gasteiger partial charge in [-0.1, -0.05) is 6.07 Å². The average molecular weight is 453 g/mol. The maximum atomic E-state index is 12.9. The molecule has 2 aromatic rings. The van der Waals surface area contributed by atoms with Gasteiger partial charge in [0.05, 0.1) is 23.8 Å². The molecule has 164 valence electrons. The van der Waals surface area contributed by atoms with E-state index in [1.165, 1.54) is 30.8 Å². The number of carbonyl (C=O) groups is 1. The summed E-state index contributed by atoms with van der Waals surface area (Å²) in [5.74, 6) is 0.921. The van der Waals surface area contributed by atoms with Crippen LogP contribution < -0.4 is 19.5 Å². The molecule has 0 aromatic heterocycles. The zero-order valence-electron chi connectivity index (χ0n) is 17.8. The van der Waals surface area contributed by atoms with E-state index < -0.39 is 16.1 Å². The number of sulfonamides is 1. The molecular weight excluding hydrogens is 424 g/mol. The van der Waals surface area contributed by atoms with Gasteiger partial charge in [0.2, 0.25) is 15.9 Å². The van der Waals surface area contributed by atoms with Gasteiger partial charge < -0.3 is 14.8 Å². The van der Waals surface area contributed by atoms with Crippen LogP contribution in [0, 0.1) is 0 Å². The number of carbonyl (C=O) groups excluding carboxylic acids is 1. The Balaban J connectivity index is 2.30. The molecule has 0 bridgehead atoms. The zero-order valence-corrected chi connectivity index (χ0v) is 19.4. The van der Waals surface area contributed by atoms with Crippen LogP contribution in [0.3, 0.4) is 0 Å². The predicted octanol–water partition coefficient (Wildman–Crippen LogP) is 4.20. The molecule has 2 aromatic carbocycles. The van der Waals surface area contributed by atoms with Gasteiger partial charge >= 0.3 is 0 Å². The topological polar surface area (TPSA) is 93.7 Å². The van der Waals surface area contributed by atoms with Crippen molar-refractivity contribution in [3.63, 3.8) is 0 Å². The Labute approximate surface area is 182 Å². The van der Waals surface area contributed by atoms with Gasteiger partial charge in [-0.05, 0) is 62.9 Å². The molecule has 0 spiro atoms. The summed E-state index contributed by atoms with van der Waals surface area (Å²) in [5, 5.41) is 2.68. The summed E-state index contributed by atoms with van der Waals surface area (Å²) < 4.78 is 39.8. The first-order valence-corrected chi connectivity index (χ1v) is 12.3. The molecule has 0 heterocycles. The molecule has 0 saturated heterocycles. The summed E-state index contributed by atoms with van der Waals surface area (Å²) in [6.45, 7) is 7.88. The third kappa shape index (κ3) is 6.13. The molecule has 0 aliphatic rings. The molecule has 9 heteroatoms. The zero-order chi connectivity index (χ0) is 22.3. The molecule has 2 N–H and O–H groups in total. The van der Waals surface area contributed by atoms with Crippen molar-refractivity contribution in [3.8, 4) is 11.5 Å². The van der Waals surface area contributed by atoms with E-state index >= 15 is 0 Å². The van der Waals surface area contributed by atoms with Crippen molar-refractivity contribution in [2.75, 3.05) is 24.8 Å². The Morgan fingerprint density at radius 3 is 2.33 bits per heavy atom. The van der Waals surface area contributed by atoms with Crippen molar-refractivity contribution in [2.45, 2.75) is 43.5 Å². The number of nitrogens with one attached hydrogen (secondary N) is 2. The van der Waals surface area contributed by atoms with Crippen LogP contribution in [-0.4, -0.2) is 33.8 Å². The van der Waals surface area contributed by atoms with Gasteiger partial charge in [-0.25, -0.2) is 13.1 Å². The quantitative estimate of drug-likeness (QED) is 0.525. The summed E-state index contributed by atoms with van der Waals surface area (Å²) in [6, 6.07) is 9.52. The Morgan fingerprint density at radius 1 is 1.07 bits per heavy atom. The smallest absolute Gasteiger partial charge is 0.241 e. The van der Waals surface area contributed by atoms with Gasteiger partial charge in [0, 0.05) is 17.9 Å². The maximum absolute atomic E-state index is 12.9. The van der Waals surface area contributed by atoms with E-state index in [1.807, 2.05) is 20.1 Å². The summed E-state index contributed by atoms with van der Waals surface area (Å²) in [6.07, 6.45) is 1.86. The predicted molar refractivity (Wildman–Crippen MR) is 120 cm³/mol. The number of hydrogen-bond donors (Lipinski definition) is 2. The molecule has 7 nitrogen and oxygen atoms in total. The minimum Gasteiger partial charge on any atom is -0.490 e. The van der Waals surface area contributed by atoms with Crippen LogP contribution in [0.2, 0.25) is 0 Å². The summed E-state index contributed by atoms with van der Waals surface area (Å²) >= 11 is 1.42. The highest BCUT2D eigenvalue weighted by Crippen LogP contribution is 2.32. The lowest BCUT2D eigenvalue weighted by Crippen LogP contribution is -2.27. The first-order valence-electron chi connectivity index (χ1n) is 9.59. The number of rotatable bonds is 10. The Kier molecular flexibility index (Phi) is 8.57. The molecule has 0 aliphatic heterocycles. The first kappa shape index (κ1) is 24.0. The van der Waals surface area contributed by atoms with E-state index in [0.29, 0.717) is 30.4 Å². The largest absolute Gasteiger partial charge is 0.490 e. The lowest BCUT2D eigenvalue weighted by atomic mass is 10.1. The molecule has 1 atom stereocenters. The second-order valence-corrected chi connectivity index (χ2v) is 9.02. The van der Waals surface area contributed by atoms with E-state index in [2.05, 4.69) is 10.0 Å². The van der Waals surface area contributed by atoms with Crippen LogP contribution in [0.4, 0.5) is 5.69 Å². The fraction of sp³-hybridized carbons (Fsp3) is 0.381. The van der Waals surface area contributed by atoms with Gasteiger partial charge in [-0.15, -0.1) is 11.8 Å². The lowest BCUT2D eigenvalue weighted by Gasteiger charge is -2.18. The molecule has 0 aliphatic carbocycles. The van der Waals surface area contributed by atoms with E-state index in [-0.39, 0.29) is 10.8 Å². The number of thioether (sulfide) groups is 1. The summed E-state index contributed by atoms with van der Waals surface area (Å²) in [7, 11) is -3.82. The Hall–Kier alpha value is -2.23. The van der Waals surface area contributed by atoms with Crippen molar-refractivity contribution in [2.24, 2.45) is 0 Å². The van der Waals surface area contributed by atoms with E-state index in [9.17, 15) is 13.2 Å². The normalized spacial score (nSPS) is 12.3. The highest BCUT2D eigenvalue weighted by Gasteiger charge is 2.21. The molecule has 1 amide bonds. The number of hydrogen-bond acceptors (Lipinski definition) is 6. The van der Waals surface area contributed by atoms with Crippen LogP contribution in [0.25, 0.3) is 0 Å². The number of ether oxygens (including phenoxy) is 2. The van der Waals surface area contributed by atoms with Gasteiger partial charge in [-0.3, -0.25) is 4.79 Å². The van der Waals surface area contributed by atoms with Crippen molar-refractivity contribution >= 4 is 33.4 Å². The van der Waals surface area contributed by atoms with Gasteiger partial charge in [0.1, 0.15) is 0 Å². The van der Waals surface area contributed by atoms with Crippen LogP contribution in [-0.2, 0) is 14.8 Å². The second kappa shape index (κ2) is 10.7. The number of anilines is 1. The van der Waals surface area contributed by atoms with E-state index in [0.717, 1.165) is 10.5 Å². The third-order valence-electron chi connectivity index (χ3n) is 4.19. The molecule has 30 heavy (non-hydrogen) atoms. The minimum atomic E-state index is -3.82. The lowest BCUT2D eigenvalue weighted by molar-refractivity contribution is -0.114. The van der Waals surface area contributed by atoms with Gasteiger partial charge in [-0.2, -0.15) is 0 Å². The van der Waals surface area contributed by atoms with Crippen molar-refractivity contribution in [3.05, 3.63) is 42.0 Å². The monoisotopic (exact) mass is 452 g/mol. The molecular formula is C21H28N2O5S2. The molecule has 0 saturated carbocycles. The fourth-order valence-electron chi connectivity index (χ4n) is 2.85. The fourth-order valence-corrected chi connectivity index (χ4v) is 4.64. The van der Waals surface area contributed by atoms with Crippen LogP contribution in [0.1, 0.15) is 39.3 Å². The maximum Gasteiger partial charge on any atom is 0.241 e. The Morgan fingerprint density at radius 2 is 1.73 bits per heavy atom. The van der Waals surface area contributed by atoms with Crippen LogP contribution >= 0.6 is 11.8 Å². The van der Waals surface area contributed by atoms with E-state index in [4.69, 9.17) is 9.47 Å². The highest BCUT2D eigenvalue weighted by atomic mass is 32.2. The molecule has 0 radical (unpaired) electrons. The van der Waals surface area contributed by atoms with Crippen LogP contribution in [0.15, 0.2) is 46.2 Å². The van der Waals surface area contributed by atoms with E-state index in [1.54, 1.807) is 31.2 Å². The van der Waals surface area contributed by atoms with Gasteiger partial charge in [0.25, 0.3) is 0 Å². The highest BCUT2D eigenvalue weighted by molar-refractivity contribution is 7.98. The van der Waals surface area contributed by atoms with Crippen LogP contribution in [0.5, 0.6) is 11.5 Å². The van der Waals surface area contributed by atoms with Crippen molar-refractivity contribution in [1.29, 1.82) is 0 Å². The molecule has 0 fully saturated rings. The number of benzene rings is 2. The Bertz CT molecular complexity index is 993. The average Bonchev–Trinajstić information content (AvgIpc) is 2.68. The molecule has 0 unspecified atom stereocenters.